The molecule has 0 spiro atoms. The second kappa shape index (κ2) is 8.06. The van der Waals surface area contributed by atoms with Crippen molar-refractivity contribution < 1.29 is 19.0 Å². The fourth-order valence-electron chi connectivity index (χ4n) is 3.93. The van der Waals surface area contributed by atoms with Gasteiger partial charge >= 0.3 is 0 Å². The SMILES string of the molecule is COc1cc(OC)c(C2CC(c3ccc4ccccc4c3)=NN2C(C)=O)c(OC)c1. The van der Waals surface area contributed by atoms with Crippen LogP contribution in [0, 0.1) is 0 Å². The van der Waals surface area contributed by atoms with Gasteiger partial charge in [-0.1, -0.05) is 36.4 Å². The van der Waals surface area contributed by atoms with Crippen LogP contribution in [-0.4, -0.2) is 38.0 Å². The standard InChI is InChI=1S/C24H24N2O4/c1-15(27)26-21(24-22(29-3)12-19(28-2)13-23(24)30-4)14-20(25-26)18-10-9-16-7-5-6-8-17(16)11-18/h5-13,21H,14H2,1-4H3. The molecular weight excluding hydrogens is 380 g/mol. The molecule has 30 heavy (non-hydrogen) atoms. The Hall–Kier alpha value is -3.54. The van der Waals surface area contributed by atoms with Gasteiger partial charge in [0.2, 0.25) is 5.91 Å². The summed E-state index contributed by atoms with van der Waals surface area (Å²) in [7, 11) is 4.78. The number of nitrogens with zero attached hydrogens (tertiary/aromatic N) is 2. The molecule has 1 unspecified atom stereocenters. The molecule has 154 valence electrons. The zero-order chi connectivity index (χ0) is 21.3. The molecule has 0 N–H and O–H groups in total. The van der Waals surface area contributed by atoms with Gasteiger partial charge in [-0.25, -0.2) is 5.01 Å². The summed E-state index contributed by atoms with van der Waals surface area (Å²) in [6.45, 7) is 1.52. The predicted octanol–water partition coefficient (Wildman–Crippen LogP) is 4.56. The minimum Gasteiger partial charge on any atom is -0.496 e. The number of carbonyl (C=O) groups excluding carboxylic acids is 1. The van der Waals surface area contributed by atoms with Gasteiger partial charge < -0.3 is 14.2 Å². The highest BCUT2D eigenvalue weighted by molar-refractivity contribution is 6.05. The molecule has 3 aromatic carbocycles. The van der Waals surface area contributed by atoms with Crippen LogP contribution in [0.2, 0.25) is 0 Å². The van der Waals surface area contributed by atoms with Crippen molar-refractivity contribution in [3.8, 4) is 17.2 Å². The molecule has 0 aliphatic carbocycles. The average molecular weight is 404 g/mol. The van der Waals surface area contributed by atoms with Crippen molar-refractivity contribution in [1.29, 1.82) is 0 Å². The number of fused-ring (bicyclic) bond motifs is 1. The van der Waals surface area contributed by atoms with E-state index >= 15 is 0 Å². The average Bonchev–Trinajstić information content (AvgIpc) is 3.23. The van der Waals surface area contributed by atoms with Crippen LogP contribution in [0.15, 0.2) is 59.7 Å². The van der Waals surface area contributed by atoms with Gasteiger partial charge in [-0.05, 0) is 22.4 Å². The first-order chi connectivity index (χ1) is 14.5. The van der Waals surface area contributed by atoms with Crippen LogP contribution in [0.4, 0.5) is 0 Å². The number of amides is 1. The lowest BCUT2D eigenvalue weighted by Crippen LogP contribution is -2.25. The molecule has 0 aromatic heterocycles. The molecule has 4 rings (SSSR count). The molecule has 1 atom stereocenters. The Morgan fingerprint density at radius 2 is 1.60 bits per heavy atom. The third kappa shape index (κ3) is 3.45. The second-order valence-corrected chi connectivity index (χ2v) is 7.14. The monoisotopic (exact) mass is 404 g/mol. The Kier molecular flexibility index (Phi) is 5.31. The first kappa shape index (κ1) is 19.8. The van der Waals surface area contributed by atoms with E-state index in [0.717, 1.165) is 22.2 Å². The summed E-state index contributed by atoms with van der Waals surface area (Å²) < 4.78 is 16.6. The molecule has 6 heteroatoms. The largest absolute Gasteiger partial charge is 0.496 e. The molecule has 1 heterocycles. The van der Waals surface area contributed by atoms with Gasteiger partial charge in [0.1, 0.15) is 17.2 Å². The Morgan fingerprint density at radius 1 is 0.933 bits per heavy atom. The molecule has 6 nitrogen and oxygen atoms in total. The smallest absolute Gasteiger partial charge is 0.240 e. The van der Waals surface area contributed by atoms with Crippen LogP contribution in [0.3, 0.4) is 0 Å². The number of hydrogen-bond acceptors (Lipinski definition) is 5. The van der Waals surface area contributed by atoms with E-state index in [1.165, 1.54) is 17.3 Å². The number of hydrogen-bond donors (Lipinski definition) is 0. The van der Waals surface area contributed by atoms with E-state index in [0.29, 0.717) is 23.7 Å². The van der Waals surface area contributed by atoms with Crippen LogP contribution < -0.4 is 14.2 Å². The zero-order valence-electron chi connectivity index (χ0n) is 17.5. The molecule has 1 aliphatic rings. The maximum Gasteiger partial charge on any atom is 0.240 e. The van der Waals surface area contributed by atoms with E-state index in [4.69, 9.17) is 14.2 Å². The van der Waals surface area contributed by atoms with Crippen molar-refractivity contribution in [2.75, 3.05) is 21.3 Å². The molecule has 0 saturated carbocycles. The minimum absolute atomic E-state index is 0.143. The maximum atomic E-state index is 12.5. The van der Waals surface area contributed by atoms with Gasteiger partial charge in [0.25, 0.3) is 0 Å². The van der Waals surface area contributed by atoms with E-state index < -0.39 is 0 Å². The fraction of sp³-hybridized carbons (Fsp3) is 0.250. The lowest BCUT2D eigenvalue weighted by molar-refractivity contribution is -0.130. The number of benzene rings is 3. The van der Waals surface area contributed by atoms with Crippen LogP contribution in [0.1, 0.15) is 30.5 Å². The molecule has 0 saturated heterocycles. The molecular formula is C24H24N2O4. The number of methoxy groups -OCH3 is 3. The Morgan fingerprint density at radius 3 is 2.20 bits per heavy atom. The van der Waals surface area contributed by atoms with Gasteiger partial charge in [0.05, 0.1) is 38.6 Å². The van der Waals surface area contributed by atoms with Crippen molar-refractivity contribution >= 4 is 22.4 Å². The summed E-state index contributed by atoms with van der Waals surface area (Å²) in [5.41, 5.74) is 2.62. The molecule has 1 aliphatic heterocycles. The van der Waals surface area contributed by atoms with Crippen molar-refractivity contribution in [3.05, 3.63) is 65.7 Å². The Bertz CT molecular complexity index is 1110. The Balaban J connectivity index is 1.78. The number of hydrazone groups is 1. The maximum absolute atomic E-state index is 12.5. The summed E-state index contributed by atoms with van der Waals surface area (Å²) in [4.78, 5) is 12.5. The number of carbonyl (C=O) groups is 1. The molecule has 0 bridgehead atoms. The summed E-state index contributed by atoms with van der Waals surface area (Å²) in [6.07, 6.45) is 0.553. The van der Waals surface area contributed by atoms with Crippen molar-refractivity contribution in [2.45, 2.75) is 19.4 Å². The lowest BCUT2D eigenvalue weighted by Gasteiger charge is -2.24. The summed E-state index contributed by atoms with van der Waals surface area (Å²) in [6, 6.07) is 17.7. The number of rotatable bonds is 5. The third-order valence-electron chi connectivity index (χ3n) is 5.40. The van der Waals surface area contributed by atoms with Gasteiger partial charge in [-0.3, -0.25) is 4.79 Å². The third-order valence-corrected chi connectivity index (χ3v) is 5.40. The van der Waals surface area contributed by atoms with Gasteiger partial charge in [0.15, 0.2) is 0 Å². The van der Waals surface area contributed by atoms with Crippen LogP contribution in [0.25, 0.3) is 10.8 Å². The molecule has 1 amide bonds. The van der Waals surface area contributed by atoms with Crippen LogP contribution in [-0.2, 0) is 4.79 Å². The van der Waals surface area contributed by atoms with E-state index in [2.05, 4.69) is 29.4 Å². The highest BCUT2D eigenvalue weighted by atomic mass is 16.5. The first-order valence-corrected chi connectivity index (χ1v) is 9.72. The van der Waals surface area contributed by atoms with E-state index in [9.17, 15) is 4.79 Å². The van der Waals surface area contributed by atoms with E-state index in [1.807, 2.05) is 18.2 Å². The lowest BCUT2D eigenvalue weighted by atomic mass is 9.95. The van der Waals surface area contributed by atoms with E-state index in [1.54, 1.807) is 33.5 Å². The van der Waals surface area contributed by atoms with Gasteiger partial charge in [-0.15, -0.1) is 0 Å². The van der Waals surface area contributed by atoms with Gasteiger partial charge in [0, 0.05) is 25.5 Å². The summed E-state index contributed by atoms with van der Waals surface area (Å²) >= 11 is 0. The molecule has 0 fully saturated rings. The van der Waals surface area contributed by atoms with E-state index in [-0.39, 0.29) is 11.9 Å². The normalized spacial score (nSPS) is 15.8. The first-order valence-electron chi connectivity index (χ1n) is 9.72. The minimum atomic E-state index is -0.334. The summed E-state index contributed by atoms with van der Waals surface area (Å²) in [5, 5.41) is 8.48. The fourth-order valence-corrected chi connectivity index (χ4v) is 3.93. The van der Waals surface area contributed by atoms with Gasteiger partial charge in [-0.2, -0.15) is 5.10 Å². The molecule has 3 aromatic rings. The van der Waals surface area contributed by atoms with Crippen LogP contribution in [0.5, 0.6) is 17.2 Å². The molecule has 0 radical (unpaired) electrons. The highest BCUT2D eigenvalue weighted by Gasteiger charge is 2.36. The Labute approximate surface area is 175 Å². The second-order valence-electron chi connectivity index (χ2n) is 7.14. The zero-order valence-corrected chi connectivity index (χ0v) is 17.5. The highest BCUT2D eigenvalue weighted by Crippen LogP contribution is 2.44. The van der Waals surface area contributed by atoms with Crippen molar-refractivity contribution in [1.82, 2.24) is 5.01 Å². The van der Waals surface area contributed by atoms with Crippen molar-refractivity contribution in [2.24, 2.45) is 5.10 Å². The topological polar surface area (TPSA) is 60.4 Å². The number of ether oxygens (including phenoxy) is 3. The predicted molar refractivity (Wildman–Crippen MR) is 116 cm³/mol. The van der Waals surface area contributed by atoms with Crippen LogP contribution >= 0.6 is 0 Å². The van der Waals surface area contributed by atoms with Crippen molar-refractivity contribution in [3.63, 3.8) is 0 Å². The quantitative estimate of drug-likeness (QED) is 0.625. The summed E-state index contributed by atoms with van der Waals surface area (Å²) in [5.74, 6) is 1.67.